The molecule has 1 fully saturated rings. The number of rotatable bonds is 4. The number of amides is 2. The molecular formula is C18H22F3N5O2. The Labute approximate surface area is 160 Å². The lowest BCUT2D eigenvalue weighted by atomic mass is 10.1. The van der Waals surface area contributed by atoms with Crippen LogP contribution in [-0.4, -0.2) is 40.7 Å². The molecule has 1 aromatic carbocycles. The number of likely N-dealkylation sites (N-methyl/N-ethyl adjacent to an activating group) is 1. The van der Waals surface area contributed by atoms with Gasteiger partial charge in [-0.2, -0.15) is 18.2 Å². The second-order valence-corrected chi connectivity index (χ2v) is 7.21. The van der Waals surface area contributed by atoms with E-state index in [1.54, 1.807) is 0 Å². The average molecular weight is 397 g/mol. The summed E-state index contributed by atoms with van der Waals surface area (Å²) in [5.74, 6) is 1.31. The third kappa shape index (κ3) is 4.61. The molecule has 1 aliphatic rings. The first-order valence-electron chi connectivity index (χ1n) is 8.92. The van der Waals surface area contributed by atoms with Crippen molar-refractivity contribution >= 4 is 11.7 Å². The van der Waals surface area contributed by atoms with Crippen LogP contribution in [0.2, 0.25) is 0 Å². The van der Waals surface area contributed by atoms with Gasteiger partial charge in [0, 0.05) is 24.2 Å². The van der Waals surface area contributed by atoms with Gasteiger partial charge in [-0.3, -0.25) is 4.90 Å². The summed E-state index contributed by atoms with van der Waals surface area (Å²) in [5.41, 5.74) is -0.481. The number of nitrogens with one attached hydrogen (secondary N) is 2. The normalized spacial score (nSPS) is 20.5. The lowest BCUT2D eigenvalue weighted by Crippen LogP contribution is -2.39. The van der Waals surface area contributed by atoms with Gasteiger partial charge in [-0.15, -0.1) is 0 Å². The molecule has 2 heterocycles. The number of nitrogens with zero attached hydrogens (tertiary/aromatic N) is 3. The summed E-state index contributed by atoms with van der Waals surface area (Å²) in [4.78, 5) is 18.6. The minimum Gasteiger partial charge on any atom is -0.338 e. The molecule has 2 N–H and O–H groups in total. The summed E-state index contributed by atoms with van der Waals surface area (Å²) >= 11 is 0. The molecule has 1 aromatic heterocycles. The maximum Gasteiger partial charge on any atom is 0.416 e. The quantitative estimate of drug-likeness (QED) is 0.820. The monoisotopic (exact) mass is 397 g/mol. The van der Waals surface area contributed by atoms with Crippen LogP contribution in [0.5, 0.6) is 0 Å². The third-order valence-electron chi connectivity index (χ3n) is 4.61. The molecule has 152 valence electrons. The van der Waals surface area contributed by atoms with Crippen LogP contribution >= 0.6 is 0 Å². The van der Waals surface area contributed by atoms with Crippen molar-refractivity contribution in [2.45, 2.75) is 44.4 Å². The molecule has 0 aliphatic carbocycles. The largest absolute Gasteiger partial charge is 0.416 e. The third-order valence-corrected chi connectivity index (χ3v) is 4.61. The molecule has 2 unspecified atom stereocenters. The minimum atomic E-state index is -4.41. The molecule has 0 radical (unpaired) electrons. The number of aromatic nitrogens is 2. The van der Waals surface area contributed by atoms with E-state index in [0.29, 0.717) is 24.7 Å². The maximum atomic E-state index is 12.6. The Kier molecular flexibility index (Phi) is 5.59. The van der Waals surface area contributed by atoms with Crippen molar-refractivity contribution in [2.24, 2.45) is 0 Å². The van der Waals surface area contributed by atoms with E-state index in [0.717, 1.165) is 12.1 Å². The van der Waals surface area contributed by atoms with Gasteiger partial charge in [0.05, 0.1) is 11.6 Å². The molecule has 7 nitrogen and oxygen atoms in total. The topological polar surface area (TPSA) is 83.3 Å². The Morgan fingerprint density at radius 1 is 1.29 bits per heavy atom. The lowest BCUT2D eigenvalue weighted by Gasteiger charge is -2.14. The average Bonchev–Trinajstić information content (AvgIpc) is 3.21. The summed E-state index contributed by atoms with van der Waals surface area (Å²) in [5, 5.41) is 9.35. The second-order valence-electron chi connectivity index (χ2n) is 7.21. The van der Waals surface area contributed by atoms with E-state index in [9.17, 15) is 18.0 Å². The predicted molar refractivity (Wildman–Crippen MR) is 95.8 cm³/mol. The number of hydrogen-bond acceptors (Lipinski definition) is 5. The maximum absolute atomic E-state index is 12.6. The first kappa shape index (κ1) is 20.1. The zero-order valence-corrected chi connectivity index (χ0v) is 15.7. The van der Waals surface area contributed by atoms with Gasteiger partial charge < -0.3 is 15.2 Å². The van der Waals surface area contributed by atoms with Crippen molar-refractivity contribution < 1.29 is 22.5 Å². The Morgan fingerprint density at radius 3 is 2.54 bits per heavy atom. The first-order valence-corrected chi connectivity index (χ1v) is 8.92. The molecule has 10 heteroatoms. The zero-order valence-electron chi connectivity index (χ0n) is 15.7. The number of hydrogen-bond donors (Lipinski definition) is 2. The number of halogens is 3. The zero-order chi connectivity index (χ0) is 20.5. The SMILES string of the molecule is CC(C)c1noc(C2CC(NC(=O)Nc3ccc(C(F)(F)F)cc3)CN2C)n1. The molecular weight excluding hydrogens is 375 g/mol. The van der Waals surface area contributed by atoms with Crippen LogP contribution in [0.25, 0.3) is 0 Å². The minimum absolute atomic E-state index is 0.101. The second kappa shape index (κ2) is 7.78. The van der Waals surface area contributed by atoms with Gasteiger partial charge in [0.15, 0.2) is 5.82 Å². The molecule has 0 bridgehead atoms. The molecule has 0 saturated carbocycles. The summed E-state index contributed by atoms with van der Waals surface area (Å²) in [7, 11) is 1.90. The van der Waals surface area contributed by atoms with Crippen molar-refractivity contribution in [1.29, 1.82) is 0 Å². The highest BCUT2D eigenvalue weighted by molar-refractivity contribution is 5.89. The molecule has 3 rings (SSSR count). The fraction of sp³-hybridized carbons (Fsp3) is 0.500. The first-order chi connectivity index (χ1) is 13.1. The molecule has 1 aliphatic heterocycles. The van der Waals surface area contributed by atoms with Crippen LogP contribution in [0.3, 0.4) is 0 Å². The van der Waals surface area contributed by atoms with E-state index in [-0.39, 0.29) is 23.7 Å². The van der Waals surface area contributed by atoms with Gasteiger partial charge in [0.25, 0.3) is 0 Å². The highest BCUT2D eigenvalue weighted by Crippen LogP contribution is 2.31. The molecule has 2 amide bonds. The number of benzene rings is 1. The number of carbonyl (C=O) groups excluding carboxylic acids is 1. The number of likely N-dealkylation sites (tertiary alicyclic amines) is 1. The van der Waals surface area contributed by atoms with E-state index in [4.69, 9.17) is 4.52 Å². The molecule has 28 heavy (non-hydrogen) atoms. The molecule has 2 aromatic rings. The Bertz CT molecular complexity index is 819. The molecule has 2 atom stereocenters. The Hall–Kier alpha value is -2.62. The van der Waals surface area contributed by atoms with Gasteiger partial charge in [0.2, 0.25) is 5.89 Å². The van der Waals surface area contributed by atoms with Crippen molar-refractivity contribution in [3.05, 3.63) is 41.5 Å². The van der Waals surface area contributed by atoms with Crippen LogP contribution < -0.4 is 10.6 Å². The van der Waals surface area contributed by atoms with Gasteiger partial charge in [-0.05, 0) is 37.7 Å². The fourth-order valence-electron chi connectivity index (χ4n) is 3.10. The van der Waals surface area contributed by atoms with Gasteiger partial charge in [-0.25, -0.2) is 4.79 Å². The number of alkyl halides is 3. The fourth-order valence-corrected chi connectivity index (χ4v) is 3.10. The number of anilines is 1. The van der Waals surface area contributed by atoms with Crippen LogP contribution in [0, 0.1) is 0 Å². The van der Waals surface area contributed by atoms with Crippen molar-refractivity contribution in [3.63, 3.8) is 0 Å². The van der Waals surface area contributed by atoms with Crippen LogP contribution in [0.1, 0.15) is 49.5 Å². The summed E-state index contributed by atoms with van der Waals surface area (Å²) in [6, 6.07) is 3.56. The van der Waals surface area contributed by atoms with E-state index in [2.05, 4.69) is 20.8 Å². The van der Waals surface area contributed by atoms with E-state index >= 15 is 0 Å². The number of urea groups is 1. The van der Waals surface area contributed by atoms with Gasteiger partial charge in [-0.1, -0.05) is 19.0 Å². The number of carbonyl (C=O) groups is 1. The van der Waals surface area contributed by atoms with Crippen molar-refractivity contribution in [1.82, 2.24) is 20.4 Å². The highest BCUT2D eigenvalue weighted by atomic mass is 19.4. The van der Waals surface area contributed by atoms with Gasteiger partial charge in [0.1, 0.15) is 0 Å². The molecule has 0 spiro atoms. The lowest BCUT2D eigenvalue weighted by molar-refractivity contribution is -0.137. The van der Waals surface area contributed by atoms with E-state index in [1.807, 2.05) is 25.8 Å². The van der Waals surface area contributed by atoms with Gasteiger partial charge >= 0.3 is 12.2 Å². The van der Waals surface area contributed by atoms with Crippen LogP contribution in [0.4, 0.5) is 23.7 Å². The molecule has 1 saturated heterocycles. The Balaban J connectivity index is 1.56. The Morgan fingerprint density at radius 2 is 1.96 bits per heavy atom. The van der Waals surface area contributed by atoms with Crippen LogP contribution in [0.15, 0.2) is 28.8 Å². The van der Waals surface area contributed by atoms with E-state index < -0.39 is 17.8 Å². The smallest absolute Gasteiger partial charge is 0.338 e. The summed E-state index contributed by atoms with van der Waals surface area (Å²) in [6.07, 6.45) is -3.81. The van der Waals surface area contributed by atoms with Crippen molar-refractivity contribution in [2.75, 3.05) is 18.9 Å². The summed E-state index contributed by atoms with van der Waals surface area (Å²) in [6.45, 7) is 4.54. The predicted octanol–water partition coefficient (Wildman–Crippen LogP) is 3.78. The standard InChI is InChI=1S/C18H22F3N5O2/c1-10(2)15-24-16(28-25-15)14-8-13(9-26(14)3)23-17(27)22-12-6-4-11(5-7-12)18(19,20)21/h4-7,10,13-14H,8-9H2,1-3H3,(H2,22,23,27). The van der Waals surface area contributed by atoms with Crippen molar-refractivity contribution in [3.8, 4) is 0 Å². The van der Waals surface area contributed by atoms with E-state index in [1.165, 1.54) is 12.1 Å². The van der Waals surface area contributed by atoms with Crippen LogP contribution in [-0.2, 0) is 6.18 Å². The summed E-state index contributed by atoms with van der Waals surface area (Å²) < 4.78 is 43.1. The highest BCUT2D eigenvalue weighted by Gasteiger charge is 2.35.